The maximum Gasteiger partial charge on any atom is 0.0992 e. The zero-order valence-corrected chi connectivity index (χ0v) is 7.12. The Morgan fingerprint density at radius 1 is 1.31 bits per heavy atom. The lowest BCUT2D eigenvalue weighted by molar-refractivity contribution is 0.305. The summed E-state index contributed by atoms with van der Waals surface area (Å²) in [6, 6.07) is 9.13. The zero-order chi connectivity index (χ0) is 9.52. The van der Waals surface area contributed by atoms with Gasteiger partial charge in [0.05, 0.1) is 18.2 Å². The van der Waals surface area contributed by atoms with Crippen LogP contribution < -0.4 is 0 Å². The lowest BCUT2D eigenvalue weighted by Gasteiger charge is -1.89. The van der Waals surface area contributed by atoms with E-state index in [9.17, 15) is 0 Å². The number of nitrogens with zero attached hydrogens (tertiary/aromatic N) is 1. The summed E-state index contributed by atoms with van der Waals surface area (Å²) in [5.41, 5.74) is 1.42. The van der Waals surface area contributed by atoms with Gasteiger partial charge in [0, 0.05) is 12.0 Å². The number of aliphatic hydroxyl groups is 1. The van der Waals surface area contributed by atoms with Crippen molar-refractivity contribution in [1.29, 1.82) is 5.26 Å². The Hall–Kier alpha value is -1.77. The molecule has 0 amide bonds. The van der Waals surface area contributed by atoms with Crippen molar-refractivity contribution in [2.24, 2.45) is 0 Å². The maximum absolute atomic E-state index is 8.60. The minimum Gasteiger partial charge on any atom is -0.395 e. The molecule has 13 heavy (non-hydrogen) atoms. The summed E-state index contributed by atoms with van der Waals surface area (Å²) in [6.45, 7) is 0.0743. The van der Waals surface area contributed by atoms with E-state index in [0.29, 0.717) is 12.0 Å². The average Bonchev–Trinajstić information content (AvgIpc) is 2.19. The van der Waals surface area contributed by atoms with Gasteiger partial charge in [-0.1, -0.05) is 17.9 Å². The van der Waals surface area contributed by atoms with Crippen LogP contribution >= 0.6 is 0 Å². The number of hydrogen-bond acceptors (Lipinski definition) is 2. The van der Waals surface area contributed by atoms with Crippen molar-refractivity contribution in [1.82, 2.24) is 0 Å². The molecule has 0 unspecified atom stereocenters. The second-order valence-corrected chi connectivity index (χ2v) is 2.47. The van der Waals surface area contributed by atoms with Crippen LogP contribution in [0.3, 0.4) is 0 Å². The van der Waals surface area contributed by atoms with E-state index in [4.69, 9.17) is 10.4 Å². The van der Waals surface area contributed by atoms with Crippen LogP contribution in [-0.4, -0.2) is 11.7 Å². The predicted octanol–water partition coefficient (Wildman–Crippen LogP) is 1.29. The molecule has 1 aromatic carbocycles. The van der Waals surface area contributed by atoms with Gasteiger partial charge in [-0.2, -0.15) is 5.26 Å². The van der Waals surface area contributed by atoms with E-state index in [2.05, 4.69) is 11.8 Å². The van der Waals surface area contributed by atoms with Crippen LogP contribution in [0.2, 0.25) is 0 Å². The first kappa shape index (κ1) is 9.32. The molecule has 0 radical (unpaired) electrons. The highest BCUT2D eigenvalue weighted by molar-refractivity contribution is 5.41. The molecular formula is C11H9NO. The molecule has 1 aromatic rings. The first-order chi connectivity index (χ1) is 6.36. The Kier molecular flexibility index (Phi) is 3.57. The molecule has 0 aliphatic heterocycles. The van der Waals surface area contributed by atoms with Crippen molar-refractivity contribution in [2.75, 3.05) is 6.61 Å². The van der Waals surface area contributed by atoms with Crippen LogP contribution in [0.25, 0.3) is 0 Å². The normalized spacial score (nSPS) is 8.31. The van der Waals surface area contributed by atoms with Crippen LogP contribution in [0.15, 0.2) is 24.3 Å². The van der Waals surface area contributed by atoms with E-state index in [1.165, 1.54) is 0 Å². The summed E-state index contributed by atoms with van der Waals surface area (Å²) in [4.78, 5) is 0. The molecular weight excluding hydrogens is 162 g/mol. The molecule has 1 N–H and O–H groups in total. The molecule has 0 spiro atoms. The number of benzene rings is 1. The maximum atomic E-state index is 8.60. The van der Waals surface area contributed by atoms with Gasteiger partial charge in [0.25, 0.3) is 0 Å². The number of aliphatic hydroxyl groups excluding tert-OH is 1. The fourth-order valence-electron chi connectivity index (χ4n) is 0.887. The van der Waals surface area contributed by atoms with Gasteiger partial charge in [0.2, 0.25) is 0 Å². The van der Waals surface area contributed by atoms with Crippen LogP contribution in [0.5, 0.6) is 0 Å². The van der Waals surface area contributed by atoms with Gasteiger partial charge < -0.3 is 5.11 Å². The molecule has 2 heteroatoms. The molecule has 0 aliphatic carbocycles. The summed E-state index contributed by atoms with van der Waals surface area (Å²) < 4.78 is 0. The Balaban J connectivity index is 2.81. The second-order valence-electron chi connectivity index (χ2n) is 2.47. The third kappa shape index (κ3) is 2.99. The van der Waals surface area contributed by atoms with E-state index < -0.39 is 0 Å². The van der Waals surface area contributed by atoms with Crippen LogP contribution in [-0.2, 0) is 0 Å². The van der Waals surface area contributed by atoms with Gasteiger partial charge in [-0.15, -0.1) is 0 Å². The molecule has 0 saturated carbocycles. The van der Waals surface area contributed by atoms with Crippen molar-refractivity contribution < 1.29 is 5.11 Å². The minimum absolute atomic E-state index is 0.0743. The topological polar surface area (TPSA) is 44.0 Å². The molecule has 0 atom stereocenters. The van der Waals surface area contributed by atoms with Gasteiger partial charge in [0.1, 0.15) is 0 Å². The van der Waals surface area contributed by atoms with Crippen LogP contribution in [0.4, 0.5) is 0 Å². The molecule has 0 fully saturated rings. The molecule has 64 valence electrons. The Morgan fingerprint density at radius 2 is 2.08 bits per heavy atom. The van der Waals surface area contributed by atoms with Gasteiger partial charge >= 0.3 is 0 Å². The van der Waals surface area contributed by atoms with Crippen LogP contribution in [0, 0.1) is 23.2 Å². The summed E-state index contributed by atoms with van der Waals surface area (Å²) >= 11 is 0. The molecule has 1 rings (SSSR count). The third-order valence-corrected chi connectivity index (χ3v) is 1.46. The van der Waals surface area contributed by atoms with Crippen molar-refractivity contribution in [3.63, 3.8) is 0 Å². The highest BCUT2D eigenvalue weighted by Crippen LogP contribution is 2.01. The van der Waals surface area contributed by atoms with E-state index >= 15 is 0 Å². The van der Waals surface area contributed by atoms with Crippen LogP contribution in [0.1, 0.15) is 17.5 Å². The number of nitriles is 1. The van der Waals surface area contributed by atoms with Gasteiger partial charge in [-0.3, -0.25) is 0 Å². The molecule has 0 saturated heterocycles. The van der Waals surface area contributed by atoms with Crippen molar-refractivity contribution >= 4 is 0 Å². The van der Waals surface area contributed by atoms with Gasteiger partial charge in [-0.25, -0.2) is 0 Å². The van der Waals surface area contributed by atoms with Gasteiger partial charge in [0.15, 0.2) is 0 Å². The first-order valence-corrected chi connectivity index (χ1v) is 3.96. The summed E-state index contributed by atoms with van der Waals surface area (Å²) in [5, 5.41) is 17.1. The second kappa shape index (κ2) is 4.98. The SMILES string of the molecule is N#Cc1cccc(C#CCCO)c1. The molecule has 2 nitrogen and oxygen atoms in total. The van der Waals surface area contributed by atoms with E-state index in [-0.39, 0.29) is 6.61 Å². The quantitative estimate of drug-likeness (QED) is 0.647. The molecule has 0 heterocycles. The summed E-state index contributed by atoms with van der Waals surface area (Å²) in [7, 11) is 0. The molecule has 0 bridgehead atoms. The highest BCUT2D eigenvalue weighted by Gasteiger charge is 1.89. The Labute approximate surface area is 77.4 Å². The number of rotatable bonds is 1. The fraction of sp³-hybridized carbons (Fsp3) is 0.182. The van der Waals surface area contributed by atoms with E-state index in [1.807, 2.05) is 12.1 Å². The van der Waals surface area contributed by atoms with Gasteiger partial charge in [-0.05, 0) is 18.2 Å². The highest BCUT2D eigenvalue weighted by atomic mass is 16.2. The summed E-state index contributed by atoms with van der Waals surface area (Å²) in [6.07, 6.45) is 0.469. The third-order valence-electron chi connectivity index (χ3n) is 1.46. The molecule has 0 aliphatic rings. The minimum atomic E-state index is 0.0743. The Bertz CT molecular complexity index is 379. The van der Waals surface area contributed by atoms with Crippen molar-refractivity contribution in [3.8, 4) is 17.9 Å². The van der Waals surface area contributed by atoms with Crippen molar-refractivity contribution in [3.05, 3.63) is 35.4 Å². The molecule has 0 aromatic heterocycles. The monoisotopic (exact) mass is 171 g/mol. The predicted molar refractivity (Wildman–Crippen MR) is 49.7 cm³/mol. The summed E-state index contributed by atoms with van der Waals surface area (Å²) in [5.74, 6) is 5.65. The lowest BCUT2D eigenvalue weighted by atomic mass is 10.1. The number of hydrogen-bond donors (Lipinski definition) is 1. The van der Waals surface area contributed by atoms with E-state index in [1.54, 1.807) is 18.2 Å². The smallest absolute Gasteiger partial charge is 0.0992 e. The average molecular weight is 171 g/mol. The van der Waals surface area contributed by atoms with Crippen molar-refractivity contribution in [2.45, 2.75) is 6.42 Å². The largest absolute Gasteiger partial charge is 0.395 e. The first-order valence-electron chi connectivity index (χ1n) is 3.96. The Morgan fingerprint density at radius 3 is 2.77 bits per heavy atom. The van der Waals surface area contributed by atoms with E-state index in [0.717, 1.165) is 5.56 Å². The fourth-order valence-corrected chi connectivity index (χ4v) is 0.887. The lowest BCUT2D eigenvalue weighted by Crippen LogP contribution is -1.79. The zero-order valence-electron chi connectivity index (χ0n) is 7.12. The standard InChI is InChI=1S/C11H9NO/c12-9-11-6-3-5-10(8-11)4-1-2-7-13/h3,5-6,8,13H,2,7H2.